The van der Waals surface area contributed by atoms with Crippen molar-refractivity contribution in [3.8, 4) is 5.75 Å². The van der Waals surface area contributed by atoms with E-state index in [1.807, 2.05) is 13.8 Å². The monoisotopic (exact) mass is 588 g/mol. The summed E-state index contributed by atoms with van der Waals surface area (Å²) in [7, 11) is 0. The first kappa shape index (κ1) is 32.7. The Kier molecular flexibility index (Phi) is 10.8. The van der Waals surface area contributed by atoms with Crippen molar-refractivity contribution in [3.63, 3.8) is 0 Å². The predicted molar refractivity (Wildman–Crippen MR) is 155 cm³/mol. The van der Waals surface area contributed by atoms with Gasteiger partial charge in [0.25, 0.3) is 11.8 Å². The quantitative estimate of drug-likeness (QED) is 0.324. The fraction of sp³-hybridized carbons (Fsp3) is 0.633. The minimum atomic E-state index is -1.11. The van der Waals surface area contributed by atoms with Crippen LogP contribution < -0.4 is 15.0 Å². The predicted octanol–water partition coefficient (Wildman–Crippen LogP) is 3.47. The molecule has 4 amide bonds. The number of carbonyl (C=O) groups excluding carboxylic acids is 5. The van der Waals surface area contributed by atoms with Gasteiger partial charge in [0.15, 0.2) is 5.60 Å². The summed E-state index contributed by atoms with van der Waals surface area (Å²) in [6, 6.07) is 4.56. The molecule has 1 aromatic carbocycles. The molecular weight excluding hydrogens is 544 g/mol. The van der Waals surface area contributed by atoms with Crippen molar-refractivity contribution in [2.45, 2.75) is 98.1 Å². The molecule has 0 radical (unpaired) electrons. The fourth-order valence-corrected chi connectivity index (χ4v) is 5.18. The Labute approximate surface area is 247 Å². The third-order valence-electron chi connectivity index (χ3n) is 7.29. The van der Waals surface area contributed by atoms with Gasteiger partial charge in [-0.05, 0) is 58.7 Å². The Morgan fingerprint density at radius 1 is 1.12 bits per heavy atom. The number of piperidine rings is 1. The van der Waals surface area contributed by atoms with Crippen molar-refractivity contribution in [2.75, 3.05) is 31.1 Å². The van der Waals surface area contributed by atoms with Crippen LogP contribution in [0.1, 0.15) is 84.5 Å². The van der Waals surface area contributed by atoms with Crippen LogP contribution in [0, 0.1) is 0 Å². The van der Waals surface area contributed by atoms with Crippen LogP contribution in [0.4, 0.5) is 10.5 Å². The maximum absolute atomic E-state index is 14.0. The van der Waals surface area contributed by atoms with Crippen molar-refractivity contribution >= 4 is 35.5 Å². The van der Waals surface area contributed by atoms with E-state index >= 15 is 0 Å². The highest BCUT2D eigenvalue weighted by Gasteiger charge is 2.41. The lowest BCUT2D eigenvalue weighted by molar-refractivity contribution is -0.166. The molecule has 12 heteroatoms. The van der Waals surface area contributed by atoms with Gasteiger partial charge in [0.2, 0.25) is 12.2 Å². The van der Waals surface area contributed by atoms with E-state index in [4.69, 9.17) is 14.2 Å². The summed E-state index contributed by atoms with van der Waals surface area (Å²) in [4.78, 5) is 68.2. The summed E-state index contributed by atoms with van der Waals surface area (Å²) in [6.45, 7) is 13.3. The van der Waals surface area contributed by atoms with Gasteiger partial charge in [0, 0.05) is 57.5 Å². The number of esters is 1. The molecule has 0 bridgehead atoms. The SMILES string of the molecule is CCC(=O)NCCN1C(=O)C(C)(C)Oc2ccc(C(=O)N(C(C)C)[C@@H]3CCCN(C(=O)O[C@@H](C)OC(=O)CC)C3)cc21. The van der Waals surface area contributed by atoms with Gasteiger partial charge in [-0.25, -0.2) is 4.79 Å². The Balaban J connectivity index is 1.81. The Morgan fingerprint density at radius 2 is 1.83 bits per heavy atom. The Morgan fingerprint density at radius 3 is 2.48 bits per heavy atom. The average Bonchev–Trinajstić information content (AvgIpc) is 2.94. The second kappa shape index (κ2) is 13.9. The number of hydrogen-bond donors (Lipinski definition) is 1. The molecule has 1 aromatic rings. The molecule has 1 fully saturated rings. The summed E-state index contributed by atoms with van der Waals surface area (Å²) in [5, 5.41) is 2.79. The van der Waals surface area contributed by atoms with Gasteiger partial charge in [-0.3, -0.25) is 19.2 Å². The molecule has 2 atom stereocenters. The van der Waals surface area contributed by atoms with Gasteiger partial charge in [0.05, 0.1) is 11.7 Å². The maximum atomic E-state index is 14.0. The number of likely N-dealkylation sites (tertiary alicyclic amines) is 1. The topological polar surface area (TPSA) is 135 Å². The van der Waals surface area contributed by atoms with Crippen LogP contribution in [0.3, 0.4) is 0 Å². The zero-order chi connectivity index (χ0) is 31.2. The van der Waals surface area contributed by atoms with Crippen molar-refractivity contribution in [1.29, 1.82) is 0 Å². The number of ether oxygens (including phenoxy) is 3. The van der Waals surface area contributed by atoms with Gasteiger partial charge in [0.1, 0.15) is 5.75 Å². The molecule has 0 unspecified atom stereocenters. The summed E-state index contributed by atoms with van der Waals surface area (Å²) >= 11 is 0. The highest BCUT2D eigenvalue weighted by atomic mass is 16.7. The summed E-state index contributed by atoms with van der Waals surface area (Å²) in [5.41, 5.74) is -0.269. The first-order chi connectivity index (χ1) is 19.8. The number of amides is 4. The largest absolute Gasteiger partial charge is 0.476 e. The number of rotatable bonds is 10. The van der Waals surface area contributed by atoms with Crippen LogP contribution in [0.15, 0.2) is 18.2 Å². The zero-order valence-corrected chi connectivity index (χ0v) is 25.7. The molecule has 0 spiro atoms. The minimum absolute atomic E-state index is 0.117. The smallest absolute Gasteiger partial charge is 0.412 e. The summed E-state index contributed by atoms with van der Waals surface area (Å²) in [5.74, 6) is -0.624. The molecule has 0 aliphatic carbocycles. The lowest BCUT2D eigenvalue weighted by Gasteiger charge is -2.42. The van der Waals surface area contributed by atoms with Crippen molar-refractivity contribution in [1.82, 2.24) is 15.1 Å². The van der Waals surface area contributed by atoms with Crippen LogP contribution in [-0.4, -0.2) is 89.7 Å². The normalized spacial score (nSPS) is 18.5. The second-order valence-electron chi connectivity index (χ2n) is 11.3. The van der Waals surface area contributed by atoms with E-state index in [1.165, 1.54) is 11.8 Å². The Hall–Kier alpha value is -3.83. The highest BCUT2D eigenvalue weighted by Crippen LogP contribution is 2.38. The van der Waals surface area contributed by atoms with Gasteiger partial charge >= 0.3 is 12.1 Å². The molecule has 12 nitrogen and oxygen atoms in total. The number of nitrogens with zero attached hydrogens (tertiary/aromatic N) is 3. The number of nitrogens with one attached hydrogen (secondary N) is 1. The molecule has 2 aliphatic rings. The second-order valence-corrected chi connectivity index (χ2v) is 11.3. The van der Waals surface area contributed by atoms with Crippen molar-refractivity contribution < 1.29 is 38.2 Å². The van der Waals surface area contributed by atoms with E-state index in [-0.39, 0.29) is 55.9 Å². The lowest BCUT2D eigenvalue weighted by atomic mass is 9.99. The molecular formula is C30H44N4O8. The van der Waals surface area contributed by atoms with Gasteiger partial charge < -0.3 is 34.2 Å². The highest BCUT2D eigenvalue weighted by molar-refractivity contribution is 6.04. The van der Waals surface area contributed by atoms with Gasteiger partial charge in [-0.2, -0.15) is 0 Å². The van der Waals surface area contributed by atoms with Gasteiger partial charge in [-0.15, -0.1) is 0 Å². The minimum Gasteiger partial charge on any atom is -0.476 e. The van der Waals surface area contributed by atoms with E-state index in [0.29, 0.717) is 42.8 Å². The Bertz CT molecular complexity index is 1180. The van der Waals surface area contributed by atoms with Crippen LogP contribution in [0.25, 0.3) is 0 Å². The van der Waals surface area contributed by atoms with Gasteiger partial charge in [-0.1, -0.05) is 13.8 Å². The third-order valence-corrected chi connectivity index (χ3v) is 7.29. The van der Waals surface area contributed by atoms with Crippen LogP contribution in [0.2, 0.25) is 0 Å². The molecule has 0 saturated carbocycles. The molecule has 1 N–H and O–H groups in total. The lowest BCUT2D eigenvalue weighted by Crippen LogP contribution is -2.55. The first-order valence-corrected chi connectivity index (χ1v) is 14.7. The number of carbonyl (C=O) groups is 5. The molecule has 42 heavy (non-hydrogen) atoms. The molecule has 2 aliphatic heterocycles. The van der Waals surface area contributed by atoms with Crippen molar-refractivity contribution in [3.05, 3.63) is 23.8 Å². The molecule has 0 aromatic heterocycles. The van der Waals surface area contributed by atoms with E-state index in [1.54, 1.807) is 55.7 Å². The van der Waals surface area contributed by atoms with Crippen LogP contribution in [0.5, 0.6) is 5.75 Å². The van der Waals surface area contributed by atoms with E-state index in [2.05, 4.69) is 5.32 Å². The summed E-state index contributed by atoms with van der Waals surface area (Å²) < 4.78 is 16.3. The molecule has 1 saturated heterocycles. The van der Waals surface area contributed by atoms with Crippen LogP contribution in [-0.2, 0) is 23.9 Å². The molecule has 3 rings (SSSR count). The average molecular weight is 589 g/mol. The number of hydrogen-bond acceptors (Lipinski definition) is 8. The molecule has 232 valence electrons. The zero-order valence-electron chi connectivity index (χ0n) is 25.7. The summed E-state index contributed by atoms with van der Waals surface area (Å²) in [6.07, 6.45) is 0.246. The number of anilines is 1. The van der Waals surface area contributed by atoms with E-state index in [0.717, 1.165) is 0 Å². The van der Waals surface area contributed by atoms with E-state index < -0.39 is 24.0 Å². The first-order valence-electron chi connectivity index (χ1n) is 14.7. The number of benzene rings is 1. The number of fused-ring (bicyclic) bond motifs is 1. The van der Waals surface area contributed by atoms with Crippen LogP contribution >= 0.6 is 0 Å². The van der Waals surface area contributed by atoms with E-state index in [9.17, 15) is 24.0 Å². The maximum Gasteiger partial charge on any atom is 0.412 e. The molecule has 2 heterocycles. The fourth-order valence-electron chi connectivity index (χ4n) is 5.18. The standard InChI is InChI=1S/C30H44N4O8/c1-8-25(35)31-14-16-33-23-17-21(12-13-24(23)42-30(6,7)28(33)38)27(37)34(19(3)4)22-11-10-15-32(18-22)29(39)41-20(5)40-26(36)9-2/h12-13,17,19-20,22H,8-11,14-16,18H2,1-7H3,(H,31,35)/t20-,22+/m0/s1. The van der Waals surface area contributed by atoms with Crippen molar-refractivity contribution in [2.24, 2.45) is 0 Å². The third kappa shape index (κ3) is 7.71.